The first-order valence-electron chi connectivity index (χ1n) is 12.5. The van der Waals surface area contributed by atoms with Crippen LogP contribution in [-0.4, -0.2) is 18.9 Å². The molecule has 1 aliphatic carbocycles. The first kappa shape index (κ1) is 23.7. The predicted molar refractivity (Wildman–Crippen MR) is 142 cm³/mol. The summed E-state index contributed by atoms with van der Waals surface area (Å²) in [5.74, 6) is 1.84. The Hall–Kier alpha value is -4.72. The summed E-state index contributed by atoms with van der Waals surface area (Å²) < 4.78 is 16.8. The number of furan rings is 2. The van der Waals surface area contributed by atoms with Crippen molar-refractivity contribution in [1.82, 2.24) is 5.32 Å². The third-order valence-corrected chi connectivity index (χ3v) is 7.08. The second kappa shape index (κ2) is 9.97. The molecule has 0 saturated carbocycles. The molecule has 2 atom stereocenters. The van der Waals surface area contributed by atoms with Crippen molar-refractivity contribution in [3.8, 4) is 5.75 Å². The fourth-order valence-corrected chi connectivity index (χ4v) is 5.39. The molecule has 8 heteroatoms. The largest absolute Gasteiger partial charge is 0.496 e. The molecule has 2 amide bonds. The van der Waals surface area contributed by atoms with Gasteiger partial charge in [0.1, 0.15) is 17.3 Å². The zero-order chi connectivity index (χ0) is 26.1. The number of fused-ring (bicyclic) bond motifs is 1. The van der Waals surface area contributed by atoms with E-state index in [1.165, 1.54) is 0 Å². The van der Waals surface area contributed by atoms with E-state index in [1.807, 2.05) is 60.7 Å². The van der Waals surface area contributed by atoms with E-state index < -0.39 is 6.04 Å². The van der Waals surface area contributed by atoms with E-state index in [1.54, 1.807) is 36.7 Å². The van der Waals surface area contributed by atoms with Crippen LogP contribution in [0.2, 0.25) is 0 Å². The van der Waals surface area contributed by atoms with Gasteiger partial charge in [0.2, 0.25) is 0 Å². The highest BCUT2D eigenvalue weighted by Gasteiger charge is 2.43. The van der Waals surface area contributed by atoms with Crippen molar-refractivity contribution in [1.29, 1.82) is 0 Å². The first-order valence-corrected chi connectivity index (χ1v) is 12.5. The lowest BCUT2D eigenvalue weighted by Crippen LogP contribution is -2.44. The van der Waals surface area contributed by atoms with E-state index in [0.29, 0.717) is 29.2 Å². The van der Waals surface area contributed by atoms with Crippen molar-refractivity contribution in [2.45, 2.75) is 31.3 Å². The molecule has 8 nitrogen and oxygen atoms in total. The van der Waals surface area contributed by atoms with Crippen molar-refractivity contribution in [2.75, 3.05) is 17.3 Å². The number of allylic oxidation sites excluding steroid dienone is 1. The Kier molecular flexibility index (Phi) is 6.21. The number of benzene rings is 2. The monoisotopic (exact) mass is 509 g/mol. The topological polar surface area (TPSA) is 97.0 Å². The summed E-state index contributed by atoms with van der Waals surface area (Å²) in [6.07, 6.45) is 4.04. The molecule has 38 heavy (non-hydrogen) atoms. The van der Waals surface area contributed by atoms with Crippen LogP contribution in [-0.2, 0) is 11.3 Å². The Bertz CT molecular complexity index is 1490. The van der Waals surface area contributed by atoms with Gasteiger partial charge in [-0.15, -0.1) is 0 Å². The lowest BCUT2D eigenvalue weighted by atomic mass is 9.80. The molecule has 0 spiro atoms. The number of methoxy groups -OCH3 is 1. The van der Waals surface area contributed by atoms with Gasteiger partial charge in [-0.05, 0) is 48.9 Å². The molecule has 0 bridgehead atoms. The number of Topliss-reactive ketones (excluding diaryl/α,β-unsaturated/α-hetero) is 1. The summed E-state index contributed by atoms with van der Waals surface area (Å²) in [7, 11) is 1.59. The zero-order valence-corrected chi connectivity index (χ0v) is 20.8. The number of amides is 2. The number of nitrogens with one attached hydrogen (secondary N) is 2. The van der Waals surface area contributed by atoms with Gasteiger partial charge < -0.3 is 24.2 Å². The normalized spacial score (nSPS) is 18.8. The Labute approximate surface area is 219 Å². The summed E-state index contributed by atoms with van der Waals surface area (Å²) in [5.41, 5.74) is 3.42. The van der Waals surface area contributed by atoms with Crippen LogP contribution in [0.15, 0.2) is 105 Å². The van der Waals surface area contributed by atoms with Crippen molar-refractivity contribution < 1.29 is 23.2 Å². The number of ether oxygens (including phenoxy) is 1. The molecule has 6 rings (SSSR count). The molecule has 4 aromatic rings. The smallest absolute Gasteiger partial charge is 0.323 e. The Morgan fingerprint density at radius 2 is 1.79 bits per heavy atom. The molecule has 3 heterocycles. The van der Waals surface area contributed by atoms with Crippen LogP contribution >= 0.6 is 0 Å². The second-order valence-corrected chi connectivity index (χ2v) is 9.33. The number of para-hydroxylation sites is 3. The second-order valence-electron chi connectivity index (χ2n) is 9.33. The molecule has 2 aliphatic rings. The molecule has 1 aliphatic heterocycles. The van der Waals surface area contributed by atoms with Crippen LogP contribution in [0, 0.1) is 0 Å². The van der Waals surface area contributed by atoms with E-state index >= 15 is 0 Å². The minimum absolute atomic E-state index is 0.0484. The van der Waals surface area contributed by atoms with Crippen LogP contribution < -0.4 is 20.3 Å². The van der Waals surface area contributed by atoms with E-state index in [-0.39, 0.29) is 30.7 Å². The molecule has 0 radical (unpaired) electrons. The molecular formula is C30H27N3O5. The molecule has 2 aromatic carbocycles. The number of rotatable bonds is 5. The van der Waals surface area contributed by atoms with Crippen LogP contribution in [0.3, 0.4) is 0 Å². The first-order chi connectivity index (χ1) is 18.6. The lowest BCUT2D eigenvalue weighted by Gasteiger charge is -2.35. The van der Waals surface area contributed by atoms with Gasteiger partial charge in [-0.25, -0.2) is 4.79 Å². The SMILES string of the molecule is COc1ccccc1[C@H]1C2=C(C[C@H](c3ccco3)CC2=O)Nc2ccccc2N1C(=O)NCc1ccco1. The Balaban J connectivity index is 1.51. The highest BCUT2D eigenvalue weighted by Crippen LogP contribution is 2.48. The average molecular weight is 510 g/mol. The Morgan fingerprint density at radius 1 is 1.00 bits per heavy atom. The third-order valence-electron chi connectivity index (χ3n) is 7.08. The molecule has 0 saturated heterocycles. The maximum atomic E-state index is 14.0. The van der Waals surface area contributed by atoms with Gasteiger partial charge >= 0.3 is 6.03 Å². The number of urea groups is 1. The number of hydrogen-bond acceptors (Lipinski definition) is 6. The van der Waals surface area contributed by atoms with Gasteiger partial charge in [0.25, 0.3) is 0 Å². The van der Waals surface area contributed by atoms with Crippen molar-refractivity contribution in [3.63, 3.8) is 0 Å². The van der Waals surface area contributed by atoms with Crippen LogP contribution in [0.1, 0.15) is 41.9 Å². The quantitative estimate of drug-likeness (QED) is 0.334. The molecule has 0 fully saturated rings. The van der Waals surface area contributed by atoms with Gasteiger partial charge in [0.15, 0.2) is 5.78 Å². The van der Waals surface area contributed by atoms with Crippen molar-refractivity contribution >= 4 is 23.2 Å². The van der Waals surface area contributed by atoms with Gasteiger partial charge in [-0.3, -0.25) is 9.69 Å². The molecular weight excluding hydrogens is 482 g/mol. The summed E-state index contributed by atoms with van der Waals surface area (Å²) >= 11 is 0. The van der Waals surface area contributed by atoms with E-state index in [9.17, 15) is 9.59 Å². The van der Waals surface area contributed by atoms with Crippen molar-refractivity contribution in [2.24, 2.45) is 0 Å². The van der Waals surface area contributed by atoms with Gasteiger partial charge in [-0.1, -0.05) is 30.3 Å². The lowest BCUT2D eigenvalue weighted by molar-refractivity contribution is -0.116. The number of ketones is 1. The molecule has 0 unspecified atom stereocenters. The third kappa shape index (κ3) is 4.24. The number of carbonyl (C=O) groups excluding carboxylic acids is 2. The number of anilines is 2. The minimum Gasteiger partial charge on any atom is -0.496 e. The molecule has 2 N–H and O–H groups in total. The summed E-state index contributed by atoms with van der Waals surface area (Å²) in [6.45, 7) is 0.205. The van der Waals surface area contributed by atoms with Crippen LogP contribution in [0.25, 0.3) is 0 Å². The summed E-state index contributed by atoms with van der Waals surface area (Å²) in [5, 5.41) is 6.49. The zero-order valence-electron chi connectivity index (χ0n) is 20.8. The van der Waals surface area contributed by atoms with E-state index in [2.05, 4.69) is 10.6 Å². The highest BCUT2D eigenvalue weighted by molar-refractivity contribution is 6.06. The summed E-state index contributed by atoms with van der Waals surface area (Å²) in [6, 6.07) is 21.3. The number of carbonyl (C=O) groups is 2. The van der Waals surface area contributed by atoms with E-state index in [0.717, 1.165) is 22.7 Å². The standard InChI is InChI=1S/C30H27N3O5/c1-36-27-12-5-2-9-21(27)29-28-23(16-19(17-25(28)34)26-13-7-15-38-26)32-22-10-3-4-11-24(22)33(29)30(35)31-18-20-8-6-14-37-20/h2-15,19,29,32H,16-18H2,1H3,(H,31,35)/t19-,29-/m0/s1. The minimum atomic E-state index is -0.723. The Morgan fingerprint density at radius 3 is 2.58 bits per heavy atom. The predicted octanol–water partition coefficient (Wildman–Crippen LogP) is 6.17. The van der Waals surface area contributed by atoms with Gasteiger partial charge in [0, 0.05) is 29.2 Å². The maximum Gasteiger partial charge on any atom is 0.323 e. The van der Waals surface area contributed by atoms with Crippen LogP contribution in [0.5, 0.6) is 5.75 Å². The molecule has 192 valence electrons. The fourth-order valence-electron chi connectivity index (χ4n) is 5.39. The number of nitrogens with zero attached hydrogens (tertiary/aromatic N) is 1. The molecule has 2 aromatic heterocycles. The van der Waals surface area contributed by atoms with Crippen molar-refractivity contribution in [3.05, 3.63) is 114 Å². The maximum absolute atomic E-state index is 14.0. The fraction of sp³-hybridized carbons (Fsp3) is 0.200. The average Bonchev–Trinajstić information content (AvgIpc) is 3.64. The van der Waals surface area contributed by atoms with Gasteiger partial charge in [0.05, 0.1) is 43.6 Å². The highest BCUT2D eigenvalue weighted by atomic mass is 16.5. The van der Waals surface area contributed by atoms with Crippen LogP contribution in [0.4, 0.5) is 16.2 Å². The van der Waals surface area contributed by atoms with E-state index in [4.69, 9.17) is 13.6 Å². The number of hydrogen-bond donors (Lipinski definition) is 2. The van der Waals surface area contributed by atoms with Gasteiger partial charge in [-0.2, -0.15) is 0 Å². The summed E-state index contributed by atoms with van der Waals surface area (Å²) in [4.78, 5) is 29.6.